The molecule has 5 heteroatoms. The summed E-state index contributed by atoms with van der Waals surface area (Å²) in [4.78, 5) is 0. The largest absolute Gasteiger partial charge is 0.497 e. The molecular weight excluding hydrogens is 314 g/mol. The molecule has 5 nitrogen and oxygen atoms in total. The Morgan fingerprint density at radius 2 is 2.04 bits per heavy atom. The quantitative estimate of drug-likeness (QED) is 0.752. The summed E-state index contributed by atoms with van der Waals surface area (Å²) in [6.07, 6.45) is 2.86. The first-order valence-electron chi connectivity index (χ1n) is 8.44. The van der Waals surface area contributed by atoms with Gasteiger partial charge in [0.25, 0.3) is 0 Å². The molecule has 0 unspecified atom stereocenters. The van der Waals surface area contributed by atoms with Gasteiger partial charge in [0.1, 0.15) is 18.1 Å². The number of fused-ring (bicyclic) bond motifs is 1. The van der Waals surface area contributed by atoms with Crippen molar-refractivity contribution in [3.63, 3.8) is 0 Å². The van der Waals surface area contributed by atoms with E-state index in [2.05, 4.69) is 27.6 Å². The van der Waals surface area contributed by atoms with Gasteiger partial charge in [-0.05, 0) is 42.3 Å². The van der Waals surface area contributed by atoms with E-state index in [1.165, 1.54) is 5.56 Å². The first-order chi connectivity index (χ1) is 12.3. The molecule has 0 radical (unpaired) electrons. The van der Waals surface area contributed by atoms with E-state index in [9.17, 15) is 0 Å². The Morgan fingerprint density at radius 1 is 1.20 bits per heavy atom. The summed E-state index contributed by atoms with van der Waals surface area (Å²) in [5.74, 6) is 1.85. The SMILES string of the molecule is COc1ccc(-c2[nH]ncc2CN[C@@H]2COc3ccccc3C2)cc1. The minimum atomic E-state index is 0.300. The van der Waals surface area contributed by atoms with E-state index >= 15 is 0 Å². The zero-order valence-corrected chi connectivity index (χ0v) is 14.2. The normalized spacial score (nSPS) is 16.1. The minimum Gasteiger partial charge on any atom is -0.497 e. The molecule has 0 spiro atoms. The predicted molar refractivity (Wildman–Crippen MR) is 96.8 cm³/mol. The molecule has 0 fully saturated rings. The van der Waals surface area contributed by atoms with Crippen molar-refractivity contribution in [2.24, 2.45) is 0 Å². The highest BCUT2D eigenvalue weighted by molar-refractivity contribution is 5.63. The average Bonchev–Trinajstić information content (AvgIpc) is 3.15. The molecular formula is C20H21N3O2. The molecule has 0 saturated heterocycles. The number of para-hydroxylation sites is 1. The number of methoxy groups -OCH3 is 1. The Morgan fingerprint density at radius 3 is 2.88 bits per heavy atom. The minimum absolute atomic E-state index is 0.300. The van der Waals surface area contributed by atoms with Crippen molar-refractivity contribution in [1.29, 1.82) is 0 Å². The summed E-state index contributed by atoms with van der Waals surface area (Å²) >= 11 is 0. The van der Waals surface area contributed by atoms with Crippen LogP contribution in [0.3, 0.4) is 0 Å². The molecule has 2 N–H and O–H groups in total. The number of nitrogens with zero attached hydrogens (tertiary/aromatic N) is 1. The smallest absolute Gasteiger partial charge is 0.122 e. The zero-order chi connectivity index (χ0) is 17.1. The van der Waals surface area contributed by atoms with Crippen LogP contribution >= 0.6 is 0 Å². The number of H-pyrrole nitrogens is 1. The van der Waals surface area contributed by atoms with E-state index in [0.29, 0.717) is 12.6 Å². The van der Waals surface area contributed by atoms with Crippen LogP contribution in [0.15, 0.2) is 54.7 Å². The van der Waals surface area contributed by atoms with E-state index in [1.807, 2.05) is 42.6 Å². The lowest BCUT2D eigenvalue weighted by atomic mass is 10.0. The van der Waals surface area contributed by atoms with Crippen LogP contribution in [0, 0.1) is 0 Å². The lowest BCUT2D eigenvalue weighted by molar-refractivity contribution is 0.238. The molecule has 1 atom stereocenters. The highest BCUT2D eigenvalue weighted by Crippen LogP contribution is 2.26. The maximum atomic E-state index is 5.85. The number of aromatic amines is 1. The van der Waals surface area contributed by atoms with Gasteiger partial charge in [0, 0.05) is 23.7 Å². The van der Waals surface area contributed by atoms with Crippen LogP contribution in [0.5, 0.6) is 11.5 Å². The molecule has 2 aromatic carbocycles. The van der Waals surface area contributed by atoms with Crippen molar-refractivity contribution in [1.82, 2.24) is 15.5 Å². The third-order valence-electron chi connectivity index (χ3n) is 4.56. The van der Waals surface area contributed by atoms with Gasteiger partial charge in [-0.3, -0.25) is 5.10 Å². The van der Waals surface area contributed by atoms with Crippen LogP contribution in [0.4, 0.5) is 0 Å². The van der Waals surface area contributed by atoms with Crippen LogP contribution in [-0.2, 0) is 13.0 Å². The fourth-order valence-corrected chi connectivity index (χ4v) is 3.17. The first-order valence-corrected chi connectivity index (χ1v) is 8.44. The number of hydrogen-bond acceptors (Lipinski definition) is 4. The molecule has 1 aliphatic heterocycles. The predicted octanol–water partition coefficient (Wildman–Crippen LogP) is 3.18. The van der Waals surface area contributed by atoms with Gasteiger partial charge in [-0.25, -0.2) is 0 Å². The van der Waals surface area contributed by atoms with E-state index in [0.717, 1.165) is 41.3 Å². The van der Waals surface area contributed by atoms with Gasteiger partial charge < -0.3 is 14.8 Å². The zero-order valence-electron chi connectivity index (χ0n) is 14.2. The van der Waals surface area contributed by atoms with Crippen LogP contribution in [0.25, 0.3) is 11.3 Å². The van der Waals surface area contributed by atoms with E-state index in [-0.39, 0.29) is 0 Å². The van der Waals surface area contributed by atoms with Crippen LogP contribution in [-0.4, -0.2) is 30.0 Å². The van der Waals surface area contributed by atoms with Gasteiger partial charge in [-0.1, -0.05) is 18.2 Å². The van der Waals surface area contributed by atoms with Crippen LogP contribution in [0.1, 0.15) is 11.1 Å². The highest BCUT2D eigenvalue weighted by atomic mass is 16.5. The summed E-state index contributed by atoms with van der Waals surface area (Å²) in [7, 11) is 1.67. The third kappa shape index (κ3) is 3.37. The van der Waals surface area contributed by atoms with E-state index in [4.69, 9.17) is 9.47 Å². The lowest BCUT2D eigenvalue weighted by Gasteiger charge is -2.26. The van der Waals surface area contributed by atoms with E-state index < -0.39 is 0 Å². The Hall–Kier alpha value is -2.79. The van der Waals surface area contributed by atoms with Gasteiger partial charge in [-0.15, -0.1) is 0 Å². The molecule has 0 bridgehead atoms. The van der Waals surface area contributed by atoms with Crippen molar-refractivity contribution in [2.75, 3.05) is 13.7 Å². The van der Waals surface area contributed by atoms with Crippen molar-refractivity contribution < 1.29 is 9.47 Å². The number of nitrogens with one attached hydrogen (secondary N) is 2. The molecule has 2 heterocycles. The molecule has 0 saturated carbocycles. The van der Waals surface area contributed by atoms with Gasteiger partial charge in [-0.2, -0.15) is 5.10 Å². The molecule has 0 amide bonds. The van der Waals surface area contributed by atoms with Crippen molar-refractivity contribution in [3.05, 3.63) is 65.9 Å². The second kappa shape index (κ2) is 6.99. The topological polar surface area (TPSA) is 59.2 Å². The number of ether oxygens (including phenoxy) is 2. The second-order valence-electron chi connectivity index (χ2n) is 6.20. The summed E-state index contributed by atoms with van der Waals surface area (Å²) in [6.45, 7) is 1.43. The molecule has 128 valence electrons. The number of benzene rings is 2. The molecule has 3 aromatic rings. The molecule has 1 aliphatic rings. The Labute approximate surface area is 147 Å². The maximum Gasteiger partial charge on any atom is 0.122 e. The van der Waals surface area contributed by atoms with Crippen LogP contribution in [0.2, 0.25) is 0 Å². The van der Waals surface area contributed by atoms with Gasteiger partial charge in [0.2, 0.25) is 0 Å². The third-order valence-corrected chi connectivity index (χ3v) is 4.56. The highest BCUT2D eigenvalue weighted by Gasteiger charge is 2.19. The molecule has 0 aliphatic carbocycles. The fourth-order valence-electron chi connectivity index (χ4n) is 3.17. The van der Waals surface area contributed by atoms with E-state index in [1.54, 1.807) is 7.11 Å². The fraction of sp³-hybridized carbons (Fsp3) is 0.250. The summed E-state index contributed by atoms with van der Waals surface area (Å²) < 4.78 is 11.1. The van der Waals surface area contributed by atoms with Crippen molar-refractivity contribution >= 4 is 0 Å². The summed E-state index contributed by atoms with van der Waals surface area (Å²) in [5.41, 5.74) is 4.53. The average molecular weight is 335 g/mol. The van der Waals surface area contributed by atoms with Crippen LogP contribution < -0.4 is 14.8 Å². The number of rotatable bonds is 5. The van der Waals surface area contributed by atoms with Gasteiger partial charge in [0.15, 0.2) is 0 Å². The number of hydrogen-bond donors (Lipinski definition) is 2. The standard InChI is InChI=1S/C20H21N3O2/c1-24-18-8-6-14(7-9-18)20-16(12-22-23-20)11-21-17-10-15-4-2-3-5-19(15)25-13-17/h2-9,12,17,21H,10-11,13H2,1H3,(H,22,23)/t17-/m0/s1. The Kier molecular flexibility index (Phi) is 4.39. The lowest BCUT2D eigenvalue weighted by Crippen LogP contribution is -2.38. The molecule has 25 heavy (non-hydrogen) atoms. The van der Waals surface area contributed by atoms with Crippen molar-refractivity contribution in [3.8, 4) is 22.8 Å². The maximum absolute atomic E-state index is 5.85. The van der Waals surface area contributed by atoms with Gasteiger partial charge >= 0.3 is 0 Å². The Bertz CT molecular complexity index is 842. The summed E-state index contributed by atoms with van der Waals surface area (Å²) in [6, 6.07) is 16.5. The monoisotopic (exact) mass is 335 g/mol. The number of aromatic nitrogens is 2. The first kappa shape index (κ1) is 15.7. The molecule has 1 aromatic heterocycles. The Balaban J connectivity index is 1.43. The second-order valence-corrected chi connectivity index (χ2v) is 6.20. The molecule has 4 rings (SSSR count). The van der Waals surface area contributed by atoms with Gasteiger partial charge in [0.05, 0.1) is 19.0 Å². The van der Waals surface area contributed by atoms with Crippen molar-refractivity contribution in [2.45, 2.75) is 19.0 Å². The summed E-state index contributed by atoms with van der Waals surface area (Å²) in [5, 5.41) is 10.9.